The lowest BCUT2D eigenvalue weighted by molar-refractivity contribution is -0.138. The summed E-state index contributed by atoms with van der Waals surface area (Å²) >= 11 is 0. The van der Waals surface area contributed by atoms with Crippen molar-refractivity contribution in [3.8, 4) is 0 Å². The molecule has 1 atom stereocenters. The van der Waals surface area contributed by atoms with Crippen molar-refractivity contribution in [2.24, 2.45) is 10.7 Å². The largest absolute Gasteiger partial charge is 0.480 e. The Morgan fingerprint density at radius 1 is 0.875 bits per heavy atom. The van der Waals surface area contributed by atoms with E-state index in [9.17, 15) is 14.4 Å². The molecule has 10 nitrogen and oxygen atoms in total. The topological polar surface area (TPSA) is 152 Å². The Kier molecular flexibility index (Phi) is 10.2. The highest BCUT2D eigenvalue weighted by Gasteiger charge is 2.13. The molecule has 0 aliphatic heterocycles. The van der Waals surface area contributed by atoms with Crippen LogP contribution in [0.15, 0.2) is 65.7 Å². The number of nitrogens with two attached hydrogens (primary N) is 1. The van der Waals surface area contributed by atoms with E-state index >= 15 is 0 Å². The number of hydrogen-bond acceptors (Lipinski definition) is 7. The van der Waals surface area contributed by atoms with Crippen LogP contribution in [0.2, 0.25) is 0 Å². The van der Waals surface area contributed by atoms with Crippen molar-refractivity contribution in [3.63, 3.8) is 0 Å². The average Bonchev–Trinajstić information content (AvgIpc) is 2.80. The quantitative estimate of drug-likeness (QED) is 0.264. The minimum absolute atomic E-state index is 0.0336. The Balaban J connectivity index is 1.89. The summed E-state index contributed by atoms with van der Waals surface area (Å²) in [6.45, 7) is 0.186. The first kappa shape index (κ1) is 24.4. The highest BCUT2D eigenvalue weighted by Crippen LogP contribution is 2.02. The molecule has 2 amide bonds. The van der Waals surface area contributed by atoms with Crippen LogP contribution < -0.4 is 16.4 Å². The number of hydrogen-bond donors (Lipinski definition) is 4. The normalized spacial score (nSPS) is 11.0. The summed E-state index contributed by atoms with van der Waals surface area (Å²) < 4.78 is 10.2. The fraction of sp³-hybridized carbons (Fsp3) is 0.273. The molecule has 32 heavy (non-hydrogen) atoms. The van der Waals surface area contributed by atoms with Crippen molar-refractivity contribution in [2.45, 2.75) is 32.1 Å². The van der Waals surface area contributed by atoms with E-state index in [1.807, 2.05) is 36.4 Å². The molecule has 0 aliphatic rings. The van der Waals surface area contributed by atoms with E-state index in [4.69, 9.17) is 20.3 Å². The zero-order chi connectivity index (χ0) is 23.2. The smallest absolute Gasteiger partial charge is 0.414 e. The molecule has 0 radical (unpaired) electrons. The van der Waals surface area contributed by atoms with Crippen molar-refractivity contribution >= 4 is 24.1 Å². The van der Waals surface area contributed by atoms with Crippen LogP contribution in [-0.2, 0) is 27.5 Å². The Bertz CT molecular complexity index is 846. The Morgan fingerprint density at radius 2 is 1.34 bits per heavy atom. The first-order valence-corrected chi connectivity index (χ1v) is 9.92. The maximum Gasteiger partial charge on any atom is 0.414 e. The predicted octanol–water partition coefficient (Wildman–Crippen LogP) is 2.39. The number of benzene rings is 2. The standard InChI is InChI=1S/C22H26N4O6/c23-18(19(27)28)12-7-13-24-20(25-21(29)31-14-16-8-3-1-4-9-16)26-22(30)32-15-17-10-5-2-6-11-17/h1-6,8-11,18H,7,12-15,23H2,(H,27,28)(H2,24,25,26,29,30). The Labute approximate surface area is 185 Å². The highest BCUT2D eigenvalue weighted by atomic mass is 16.6. The van der Waals surface area contributed by atoms with Gasteiger partial charge in [-0.1, -0.05) is 60.7 Å². The second-order valence-electron chi connectivity index (χ2n) is 6.69. The molecule has 10 heteroatoms. The van der Waals surface area contributed by atoms with Gasteiger partial charge < -0.3 is 20.3 Å². The zero-order valence-electron chi connectivity index (χ0n) is 17.4. The predicted molar refractivity (Wildman–Crippen MR) is 117 cm³/mol. The van der Waals surface area contributed by atoms with Gasteiger partial charge in [0, 0.05) is 6.54 Å². The van der Waals surface area contributed by atoms with E-state index in [1.165, 1.54) is 0 Å². The zero-order valence-corrected chi connectivity index (χ0v) is 17.4. The second kappa shape index (κ2) is 13.4. The molecule has 5 N–H and O–H groups in total. The highest BCUT2D eigenvalue weighted by molar-refractivity contribution is 6.01. The molecule has 0 heterocycles. The third kappa shape index (κ3) is 9.72. The van der Waals surface area contributed by atoms with E-state index in [1.54, 1.807) is 24.3 Å². The van der Waals surface area contributed by atoms with Crippen LogP contribution in [0.4, 0.5) is 9.59 Å². The van der Waals surface area contributed by atoms with Gasteiger partial charge in [-0.2, -0.15) is 0 Å². The fourth-order valence-corrected chi connectivity index (χ4v) is 2.45. The van der Waals surface area contributed by atoms with Gasteiger partial charge in [0.05, 0.1) is 0 Å². The van der Waals surface area contributed by atoms with E-state index < -0.39 is 24.2 Å². The number of rotatable bonds is 9. The lowest BCUT2D eigenvalue weighted by Gasteiger charge is -2.12. The monoisotopic (exact) mass is 442 g/mol. The van der Waals surface area contributed by atoms with Crippen molar-refractivity contribution in [1.82, 2.24) is 10.6 Å². The van der Waals surface area contributed by atoms with E-state index in [0.29, 0.717) is 6.42 Å². The van der Waals surface area contributed by atoms with Crippen molar-refractivity contribution in [2.75, 3.05) is 6.54 Å². The molecular weight excluding hydrogens is 416 g/mol. The first-order chi connectivity index (χ1) is 15.4. The first-order valence-electron chi connectivity index (χ1n) is 9.92. The number of carboxylic acids is 1. The number of guanidine groups is 1. The summed E-state index contributed by atoms with van der Waals surface area (Å²) in [5.41, 5.74) is 7.04. The molecule has 0 fully saturated rings. The fourth-order valence-electron chi connectivity index (χ4n) is 2.45. The molecule has 2 aromatic rings. The van der Waals surface area contributed by atoms with Crippen LogP contribution in [0, 0.1) is 0 Å². The van der Waals surface area contributed by atoms with Crippen molar-refractivity contribution in [1.29, 1.82) is 0 Å². The number of carbonyl (C=O) groups is 3. The summed E-state index contributed by atoms with van der Waals surface area (Å²) in [6.07, 6.45) is -1.13. The molecule has 0 aromatic heterocycles. The number of nitrogens with zero attached hydrogens (tertiary/aromatic N) is 1. The molecule has 0 aliphatic carbocycles. The van der Waals surface area contributed by atoms with Gasteiger partial charge in [0.2, 0.25) is 5.96 Å². The van der Waals surface area contributed by atoms with Gasteiger partial charge >= 0.3 is 18.2 Å². The minimum Gasteiger partial charge on any atom is -0.480 e. The average molecular weight is 442 g/mol. The molecule has 2 rings (SSSR count). The van der Waals surface area contributed by atoms with Gasteiger partial charge in [0.1, 0.15) is 19.3 Å². The molecular formula is C22H26N4O6. The number of nitrogens with one attached hydrogen (secondary N) is 2. The number of ether oxygens (including phenoxy) is 2. The molecule has 2 aromatic carbocycles. The van der Waals surface area contributed by atoms with Crippen LogP contribution in [0.3, 0.4) is 0 Å². The summed E-state index contributed by atoms with van der Waals surface area (Å²) in [5, 5.41) is 13.5. The molecule has 0 saturated carbocycles. The van der Waals surface area contributed by atoms with Crippen molar-refractivity contribution < 1.29 is 29.0 Å². The van der Waals surface area contributed by atoms with E-state index in [0.717, 1.165) is 11.1 Å². The number of aliphatic carboxylic acids is 1. The van der Waals surface area contributed by atoms with Gasteiger partial charge in [0.25, 0.3) is 0 Å². The van der Waals surface area contributed by atoms with Crippen LogP contribution >= 0.6 is 0 Å². The molecule has 0 saturated heterocycles. The van der Waals surface area contributed by atoms with Crippen molar-refractivity contribution in [3.05, 3.63) is 71.8 Å². The summed E-state index contributed by atoms with van der Waals surface area (Å²) in [4.78, 5) is 39.1. The van der Waals surface area contributed by atoms with Gasteiger partial charge in [0.15, 0.2) is 0 Å². The summed E-state index contributed by atoms with van der Waals surface area (Å²) in [6, 6.07) is 17.1. The van der Waals surface area contributed by atoms with E-state index in [2.05, 4.69) is 15.6 Å². The van der Waals surface area contributed by atoms with Gasteiger partial charge in [-0.05, 0) is 24.0 Å². The summed E-state index contributed by atoms with van der Waals surface area (Å²) in [7, 11) is 0. The number of aliphatic imine (C=N–C) groups is 1. The third-order valence-electron chi connectivity index (χ3n) is 4.13. The molecule has 0 bridgehead atoms. The van der Waals surface area contributed by atoms with Gasteiger partial charge in [-0.15, -0.1) is 0 Å². The van der Waals surface area contributed by atoms with E-state index in [-0.39, 0.29) is 32.1 Å². The van der Waals surface area contributed by atoms with Gasteiger partial charge in [-0.25, -0.2) is 9.59 Å². The number of alkyl carbamates (subject to hydrolysis) is 2. The van der Waals surface area contributed by atoms with Crippen LogP contribution in [0.5, 0.6) is 0 Å². The maximum atomic E-state index is 12.1. The SMILES string of the molecule is NC(CCCN=C(NC(=O)OCc1ccccc1)NC(=O)OCc1ccccc1)C(=O)O. The Hall–Kier alpha value is -3.92. The lowest BCUT2D eigenvalue weighted by atomic mass is 10.2. The second-order valence-corrected chi connectivity index (χ2v) is 6.69. The summed E-state index contributed by atoms with van der Waals surface area (Å²) in [5.74, 6) is -1.29. The Morgan fingerprint density at radius 3 is 1.78 bits per heavy atom. The maximum absolute atomic E-state index is 12.1. The number of carbonyl (C=O) groups excluding carboxylic acids is 2. The van der Waals surface area contributed by atoms with Crippen LogP contribution in [0.1, 0.15) is 24.0 Å². The van der Waals surface area contributed by atoms with Crippen LogP contribution in [0.25, 0.3) is 0 Å². The molecule has 0 spiro atoms. The third-order valence-corrected chi connectivity index (χ3v) is 4.13. The number of carboxylic acid groups (broad SMARTS) is 1. The number of amides is 2. The minimum atomic E-state index is -1.11. The molecule has 1 unspecified atom stereocenters. The van der Waals surface area contributed by atoms with Gasteiger partial charge in [-0.3, -0.25) is 20.4 Å². The lowest BCUT2D eigenvalue weighted by Crippen LogP contribution is -2.44. The molecule has 170 valence electrons. The van der Waals surface area contributed by atoms with Crippen LogP contribution in [-0.4, -0.2) is 41.8 Å².